The highest BCUT2D eigenvalue weighted by molar-refractivity contribution is 9.10. The van der Waals surface area contributed by atoms with E-state index in [2.05, 4.69) is 44.3 Å². The van der Waals surface area contributed by atoms with Crippen molar-refractivity contribution in [3.8, 4) is 17.2 Å². The molecule has 0 spiro atoms. The fourth-order valence-corrected chi connectivity index (χ4v) is 6.14. The summed E-state index contributed by atoms with van der Waals surface area (Å²) < 4.78 is 27.7. The van der Waals surface area contributed by atoms with Gasteiger partial charge in [0.1, 0.15) is 23.5 Å². The van der Waals surface area contributed by atoms with E-state index in [1.54, 1.807) is 35.8 Å². The minimum atomic E-state index is -0.630. The number of ether oxygens (including phenoxy) is 2. The summed E-state index contributed by atoms with van der Waals surface area (Å²) in [6, 6.07) is 23.6. The molecule has 204 valence electrons. The molecule has 0 amide bonds. The molecular weight excluding hydrogens is 599 g/mol. The zero-order valence-corrected chi connectivity index (χ0v) is 24.0. The van der Waals surface area contributed by atoms with Gasteiger partial charge >= 0.3 is 0 Å². The number of nitrogens with zero attached hydrogens (tertiary/aromatic N) is 4. The lowest BCUT2D eigenvalue weighted by Crippen LogP contribution is -2.12. The Hall–Kier alpha value is -3.96. The van der Waals surface area contributed by atoms with E-state index in [1.807, 2.05) is 24.3 Å². The second kappa shape index (κ2) is 12.1. The fraction of sp³-hybridized carbons (Fsp3) is 0.172. The van der Waals surface area contributed by atoms with E-state index in [-0.39, 0.29) is 17.3 Å². The zero-order chi connectivity index (χ0) is 28.2. The van der Waals surface area contributed by atoms with Crippen LogP contribution in [0.25, 0.3) is 16.5 Å². The van der Waals surface area contributed by atoms with Crippen LogP contribution in [0.15, 0.2) is 88.5 Å². The van der Waals surface area contributed by atoms with Crippen LogP contribution >= 0.6 is 27.7 Å². The van der Waals surface area contributed by atoms with Crippen LogP contribution in [0.2, 0.25) is 0 Å². The summed E-state index contributed by atoms with van der Waals surface area (Å²) in [7, 11) is 1.53. The van der Waals surface area contributed by atoms with Gasteiger partial charge in [0.25, 0.3) is 0 Å². The lowest BCUT2D eigenvalue weighted by Gasteiger charge is -2.18. The molecule has 5 aromatic rings. The third-order valence-electron chi connectivity index (χ3n) is 6.32. The molecule has 1 aromatic heterocycles. The molecule has 0 bridgehead atoms. The SMILES string of the molecule is COc1cc([C@@H](C[N+](=O)[O-])Sc2nnc(C)n2-c2ccc(F)cc2)cc(Br)c1OCc1cccc2ccccc12. The number of methoxy groups -OCH3 is 1. The average Bonchev–Trinajstić information content (AvgIpc) is 3.31. The van der Waals surface area contributed by atoms with Crippen LogP contribution in [0.4, 0.5) is 4.39 Å². The molecule has 0 saturated heterocycles. The van der Waals surface area contributed by atoms with E-state index in [1.165, 1.54) is 31.0 Å². The molecule has 0 aliphatic carbocycles. The van der Waals surface area contributed by atoms with Crippen LogP contribution in [0, 0.1) is 22.9 Å². The highest BCUT2D eigenvalue weighted by Gasteiger charge is 2.26. The minimum Gasteiger partial charge on any atom is -0.493 e. The molecule has 5 rings (SSSR count). The van der Waals surface area contributed by atoms with Crippen molar-refractivity contribution in [3.05, 3.63) is 116 Å². The van der Waals surface area contributed by atoms with E-state index in [4.69, 9.17) is 9.47 Å². The molecule has 0 saturated carbocycles. The Kier molecular flexibility index (Phi) is 8.32. The third kappa shape index (κ3) is 5.95. The molecule has 4 aromatic carbocycles. The number of fused-ring (bicyclic) bond motifs is 1. The Morgan fingerprint density at radius 1 is 1.07 bits per heavy atom. The number of hydrogen-bond acceptors (Lipinski definition) is 7. The van der Waals surface area contributed by atoms with Crippen LogP contribution in [0.1, 0.15) is 22.2 Å². The van der Waals surface area contributed by atoms with E-state index < -0.39 is 5.25 Å². The highest BCUT2D eigenvalue weighted by atomic mass is 79.9. The van der Waals surface area contributed by atoms with Crippen LogP contribution in [-0.4, -0.2) is 33.3 Å². The number of aryl methyl sites for hydroxylation is 1. The second-order valence-electron chi connectivity index (χ2n) is 8.92. The lowest BCUT2D eigenvalue weighted by atomic mass is 10.1. The van der Waals surface area contributed by atoms with E-state index in [9.17, 15) is 14.5 Å². The normalized spacial score (nSPS) is 11.9. The van der Waals surface area contributed by atoms with Gasteiger partial charge in [-0.3, -0.25) is 14.7 Å². The van der Waals surface area contributed by atoms with Crippen molar-refractivity contribution in [1.29, 1.82) is 0 Å². The van der Waals surface area contributed by atoms with Gasteiger partial charge in [-0.15, -0.1) is 10.2 Å². The molecule has 11 heteroatoms. The summed E-state index contributed by atoms with van der Waals surface area (Å²) in [6.07, 6.45) is 0. The topological polar surface area (TPSA) is 92.3 Å². The number of hydrogen-bond donors (Lipinski definition) is 0. The van der Waals surface area contributed by atoms with Gasteiger partial charge in [0, 0.05) is 10.6 Å². The Labute approximate surface area is 242 Å². The van der Waals surface area contributed by atoms with Gasteiger partial charge in [-0.05, 0) is 81.2 Å². The molecule has 1 atom stereocenters. The molecule has 0 aliphatic heterocycles. The Balaban J connectivity index is 1.45. The molecule has 0 N–H and O–H groups in total. The minimum absolute atomic E-state index is 0.308. The molecule has 40 heavy (non-hydrogen) atoms. The van der Waals surface area contributed by atoms with Crippen molar-refractivity contribution in [2.45, 2.75) is 23.9 Å². The van der Waals surface area contributed by atoms with Gasteiger partial charge in [0.2, 0.25) is 6.54 Å². The number of aromatic nitrogens is 3. The first kappa shape index (κ1) is 27.6. The first-order chi connectivity index (χ1) is 19.3. The van der Waals surface area contributed by atoms with Crippen molar-refractivity contribution >= 4 is 38.5 Å². The van der Waals surface area contributed by atoms with E-state index in [0.29, 0.717) is 44.8 Å². The van der Waals surface area contributed by atoms with Crippen molar-refractivity contribution < 1.29 is 18.8 Å². The maximum absolute atomic E-state index is 13.5. The number of nitro groups is 1. The maximum atomic E-state index is 13.5. The van der Waals surface area contributed by atoms with E-state index in [0.717, 1.165) is 16.3 Å². The van der Waals surface area contributed by atoms with Crippen LogP contribution in [0.3, 0.4) is 0 Å². The number of benzene rings is 4. The summed E-state index contributed by atoms with van der Waals surface area (Å²) in [5, 5.41) is 22.1. The smallest absolute Gasteiger partial charge is 0.220 e. The molecule has 8 nitrogen and oxygen atoms in total. The van der Waals surface area contributed by atoms with E-state index >= 15 is 0 Å². The molecule has 0 unspecified atom stereocenters. The first-order valence-corrected chi connectivity index (χ1v) is 13.9. The summed E-state index contributed by atoms with van der Waals surface area (Å²) in [5.41, 5.74) is 2.32. The monoisotopic (exact) mass is 622 g/mol. The summed E-state index contributed by atoms with van der Waals surface area (Å²) in [6.45, 7) is 1.71. The van der Waals surface area contributed by atoms with Gasteiger partial charge in [0.05, 0.1) is 11.6 Å². The average molecular weight is 624 g/mol. The van der Waals surface area contributed by atoms with Gasteiger partial charge in [-0.25, -0.2) is 4.39 Å². The van der Waals surface area contributed by atoms with Crippen molar-refractivity contribution in [2.24, 2.45) is 0 Å². The van der Waals surface area contributed by atoms with Gasteiger partial charge in [0.15, 0.2) is 16.7 Å². The van der Waals surface area contributed by atoms with Crippen molar-refractivity contribution in [3.63, 3.8) is 0 Å². The Morgan fingerprint density at radius 3 is 2.58 bits per heavy atom. The summed E-state index contributed by atoms with van der Waals surface area (Å²) in [5.74, 6) is 1.14. The Morgan fingerprint density at radius 2 is 1.82 bits per heavy atom. The largest absolute Gasteiger partial charge is 0.493 e. The molecule has 0 fully saturated rings. The summed E-state index contributed by atoms with van der Waals surface area (Å²) in [4.78, 5) is 11.3. The highest BCUT2D eigenvalue weighted by Crippen LogP contribution is 2.43. The molecule has 1 heterocycles. The van der Waals surface area contributed by atoms with Gasteiger partial charge in [-0.2, -0.15) is 0 Å². The standard InChI is InChI=1S/C29H24BrFN4O4S/c1-18-32-33-29(35(18)23-12-10-22(31)11-13-23)40-27(16-34(36)37)21-14-25(30)28(26(15-21)38-2)39-17-20-8-5-7-19-6-3-4-9-24(19)20/h3-15,27H,16-17H2,1-2H3/t27-/m1/s1. The van der Waals surface area contributed by atoms with Crippen molar-refractivity contribution in [2.75, 3.05) is 13.7 Å². The van der Waals surface area contributed by atoms with Crippen LogP contribution < -0.4 is 9.47 Å². The Bertz CT molecular complexity index is 1670. The third-order valence-corrected chi connectivity index (χ3v) is 8.09. The van der Waals surface area contributed by atoms with Crippen LogP contribution in [-0.2, 0) is 6.61 Å². The second-order valence-corrected chi connectivity index (χ2v) is 10.9. The molecule has 0 radical (unpaired) electrons. The number of thioether (sulfide) groups is 1. The maximum Gasteiger partial charge on any atom is 0.220 e. The zero-order valence-electron chi connectivity index (χ0n) is 21.6. The summed E-state index contributed by atoms with van der Waals surface area (Å²) >= 11 is 4.79. The number of rotatable bonds is 10. The number of halogens is 2. The predicted molar refractivity (Wildman–Crippen MR) is 155 cm³/mol. The van der Waals surface area contributed by atoms with Gasteiger partial charge < -0.3 is 9.47 Å². The van der Waals surface area contributed by atoms with Crippen molar-refractivity contribution in [1.82, 2.24) is 14.8 Å². The lowest BCUT2D eigenvalue weighted by molar-refractivity contribution is -0.479. The van der Waals surface area contributed by atoms with Crippen LogP contribution in [0.5, 0.6) is 11.5 Å². The van der Waals surface area contributed by atoms with Gasteiger partial charge in [-0.1, -0.05) is 54.2 Å². The first-order valence-electron chi connectivity index (χ1n) is 12.3. The molecule has 0 aliphatic rings. The predicted octanol–water partition coefficient (Wildman–Crippen LogP) is 7.33. The fourth-order valence-electron chi connectivity index (χ4n) is 4.41. The molecular formula is C29H24BrFN4O4S. The quantitative estimate of drug-likeness (QED) is 0.0914.